The molecule has 0 aliphatic rings. The summed E-state index contributed by atoms with van der Waals surface area (Å²) in [7, 11) is -4.64. The first-order valence-electron chi connectivity index (χ1n) is 6.62. The molecule has 1 atom stereocenters. The summed E-state index contributed by atoms with van der Waals surface area (Å²) in [4.78, 5) is 20.4. The molecule has 0 aromatic heterocycles. The molecule has 0 N–H and O–H groups in total. The Hall–Kier alpha value is -2.85. The second-order valence-electron chi connectivity index (χ2n) is 4.69. The van der Waals surface area contributed by atoms with Crippen molar-refractivity contribution in [3.05, 3.63) is 86.0 Å². The van der Waals surface area contributed by atoms with E-state index in [4.69, 9.17) is 4.18 Å². The molecule has 2 aromatic rings. The van der Waals surface area contributed by atoms with Gasteiger partial charge in [0.05, 0.1) is 17.1 Å². The molecule has 126 valence electrons. The minimum atomic E-state index is -4.64. The van der Waals surface area contributed by atoms with Gasteiger partial charge in [0.15, 0.2) is 0 Å². The zero-order valence-electron chi connectivity index (χ0n) is 12.1. The van der Waals surface area contributed by atoms with Crippen molar-refractivity contribution in [3.8, 4) is 0 Å². The lowest BCUT2D eigenvalue weighted by Crippen LogP contribution is -2.23. The standard InChI is InChI=1S/C14H12N2O7S/c17-15(18)13-9-5-4-8-12(13)10-23-24(21,22)14(16(19)20)11-6-2-1-3-7-11/h1-9,14H,10H2. The second-order valence-corrected chi connectivity index (χ2v) is 6.36. The lowest BCUT2D eigenvalue weighted by molar-refractivity contribution is -0.504. The lowest BCUT2D eigenvalue weighted by Gasteiger charge is -2.11. The molecule has 0 amide bonds. The van der Waals surface area contributed by atoms with Crippen molar-refractivity contribution < 1.29 is 22.4 Å². The highest BCUT2D eigenvalue weighted by molar-refractivity contribution is 7.86. The minimum Gasteiger partial charge on any atom is -0.263 e. The SMILES string of the molecule is O=[N+]([O-])c1ccccc1COS(=O)(=O)C(c1ccccc1)[N+](=O)[O-]. The molecule has 24 heavy (non-hydrogen) atoms. The zero-order valence-corrected chi connectivity index (χ0v) is 13.0. The Morgan fingerprint density at radius 1 is 0.958 bits per heavy atom. The molecule has 9 nitrogen and oxygen atoms in total. The monoisotopic (exact) mass is 352 g/mol. The van der Waals surface area contributed by atoms with E-state index in [1.54, 1.807) is 6.07 Å². The van der Waals surface area contributed by atoms with Gasteiger partial charge in [-0.05, 0) is 6.07 Å². The Morgan fingerprint density at radius 2 is 1.54 bits per heavy atom. The molecule has 0 radical (unpaired) electrons. The van der Waals surface area contributed by atoms with Crippen molar-refractivity contribution in [3.63, 3.8) is 0 Å². The van der Waals surface area contributed by atoms with Crippen LogP contribution in [0, 0.1) is 20.2 Å². The second kappa shape index (κ2) is 7.15. The largest absolute Gasteiger partial charge is 0.359 e. The molecule has 0 bridgehead atoms. The van der Waals surface area contributed by atoms with Gasteiger partial charge < -0.3 is 0 Å². The predicted octanol–water partition coefficient (Wildman–Crippen LogP) is 2.42. The van der Waals surface area contributed by atoms with E-state index in [-0.39, 0.29) is 16.8 Å². The summed E-state index contributed by atoms with van der Waals surface area (Å²) in [6, 6.07) is 12.5. The maximum absolute atomic E-state index is 12.2. The summed E-state index contributed by atoms with van der Waals surface area (Å²) in [5.74, 6) is 0. The number of benzene rings is 2. The number of hydrogen-bond donors (Lipinski definition) is 0. The Labute approximate surface area is 136 Å². The molecule has 0 aliphatic carbocycles. The summed E-state index contributed by atoms with van der Waals surface area (Å²) in [6.45, 7) is -0.670. The summed E-state index contributed by atoms with van der Waals surface area (Å²) >= 11 is 0. The van der Waals surface area contributed by atoms with Gasteiger partial charge in [0, 0.05) is 16.6 Å². The van der Waals surface area contributed by atoms with Crippen molar-refractivity contribution in [2.24, 2.45) is 0 Å². The van der Waals surface area contributed by atoms with Gasteiger partial charge >= 0.3 is 15.5 Å². The third-order valence-electron chi connectivity index (χ3n) is 3.12. The maximum atomic E-state index is 12.2. The number of nitro benzene ring substituents is 1. The van der Waals surface area contributed by atoms with Crippen LogP contribution in [0.2, 0.25) is 0 Å². The first-order valence-corrected chi connectivity index (χ1v) is 8.09. The van der Waals surface area contributed by atoms with Crippen LogP contribution in [0.5, 0.6) is 0 Å². The van der Waals surface area contributed by atoms with E-state index in [2.05, 4.69) is 0 Å². The molecule has 0 spiro atoms. The van der Waals surface area contributed by atoms with Crippen molar-refractivity contribution in [1.82, 2.24) is 0 Å². The van der Waals surface area contributed by atoms with Crippen LogP contribution >= 0.6 is 0 Å². The molecule has 10 heteroatoms. The van der Waals surface area contributed by atoms with Gasteiger partial charge in [0.2, 0.25) is 0 Å². The van der Waals surface area contributed by atoms with Crippen LogP contribution < -0.4 is 0 Å². The molecule has 0 heterocycles. The van der Waals surface area contributed by atoms with Crippen molar-refractivity contribution in [1.29, 1.82) is 0 Å². The van der Waals surface area contributed by atoms with E-state index in [0.717, 1.165) is 0 Å². The van der Waals surface area contributed by atoms with Gasteiger partial charge in [-0.2, -0.15) is 8.42 Å². The normalized spacial score (nSPS) is 12.5. The van der Waals surface area contributed by atoms with Gasteiger partial charge in [0.1, 0.15) is 0 Å². The average Bonchev–Trinajstić information content (AvgIpc) is 2.53. The van der Waals surface area contributed by atoms with Crippen molar-refractivity contribution in [2.75, 3.05) is 0 Å². The molecule has 0 saturated carbocycles. The number of rotatable bonds is 7. The fraction of sp³-hybridized carbons (Fsp3) is 0.143. The zero-order chi connectivity index (χ0) is 17.7. The van der Waals surface area contributed by atoms with E-state index >= 15 is 0 Å². The van der Waals surface area contributed by atoms with E-state index < -0.39 is 31.9 Å². The van der Waals surface area contributed by atoms with Crippen LogP contribution in [-0.2, 0) is 20.9 Å². The highest BCUT2D eigenvalue weighted by atomic mass is 32.2. The first-order chi connectivity index (χ1) is 11.3. The van der Waals surface area contributed by atoms with E-state index in [1.807, 2.05) is 0 Å². The molecule has 0 saturated heterocycles. The molecular formula is C14H12N2O7S. The van der Waals surface area contributed by atoms with E-state index in [1.165, 1.54) is 48.5 Å². The average molecular weight is 352 g/mol. The van der Waals surface area contributed by atoms with Crippen LogP contribution in [0.4, 0.5) is 5.69 Å². The number of hydrogen-bond acceptors (Lipinski definition) is 7. The topological polar surface area (TPSA) is 130 Å². The summed E-state index contributed by atoms with van der Waals surface area (Å²) in [5, 5.41) is 20.0. The van der Waals surface area contributed by atoms with Gasteiger partial charge in [-0.3, -0.25) is 24.4 Å². The number of para-hydroxylation sites is 1. The van der Waals surface area contributed by atoms with E-state index in [0.29, 0.717) is 0 Å². The van der Waals surface area contributed by atoms with Gasteiger partial charge in [-0.15, -0.1) is 0 Å². The fourth-order valence-electron chi connectivity index (χ4n) is 2.03. The lowest BCUT2D eigenvalue weighted by atomic mass is 10.2. The summed E-state index contributed by atoms with van der Waals surface area (Å²) in [6.07, 6.45) is 0. The fourth-order valence-corrected chi connectivity index (χ4v) is 3.15. The van der Waals surface area contributed by atoms with Crippen LogP contribution in [0.3, 0.4) is 0 Å². The first kappa shape index (κ1) is 17.5. The Bertz CT molecular complexity index is 852. The number of nitrogens with zero attached hydrogens (tertiary/aromatic N) is 2. The molecule has 0 fully saturated rings. The predicted molar refractivity (Wildman–Crippen MR) is 83.0 cm³/mol. The highest BCUT2D eigenvalue weighted by Gasteiger charge is 2.39. The van der Waals surface area contributed by atoms with Crippen LogP contribution in [0.25, 0.3) is 0 Å². The smallest absolute Gasteiger partial charge is 0.263 e. The van der Waals surface area contributed by atoms with Crippen LogP contribution in [0.15, 0.2) is 54.6 Å². The summed E-state index contributed by atoms with van der Waals surface area (Å²) < 4.78 is 29.1. The molecule has 2 rings (SSSR count). The summed E-state index contributed by atoms with van der Waals surface area (Å²) in [5.41, 5.74) is -0.392. The van der Waals surface area contributed by atoms with Crippen molar-refractivity contribution in [2.45, 2.75) is 12.0 Å². The van der Waals surface area contributed by atoms with Crippen LogP contribution in [-0.4, -0.2) is 18.3 Å². The quantitative estimate of drug-likeness (QED) is 0.425. The molecule has 1 unspecified atom stereocenters. The minimum absolute atomic E-state index is 0.00114. The Kier molecular flexibility index (Phi) is 5.21. The van der Waals surface area contributed by atoms with Gasteiger partial charge in [0.25, 0.3) is 5.69 Å². The molecule has 2 aromatic carbocycles. The number of nitro groups is 2. The van der Waals surface area contributed by atoms with Gasteiger partial charge in [-0.1, -0.05) is 42.5 Å². The van der Waals surface area contributed by atoms with Gasteiger partial charge in [-0.25, -0.2) is 0 Å². The third kappa shape index (κ3) is 3.91. The molecular weight excluding hydrogens is 340 g/mol. The Morgan fingerprint density at radius 3 is 2.12 bits per heavy atom. The maximum Gasteiger partial charge on any atom is 0.359 e. The molecule has 0 aliphatic heterocycles. The highest BCUT2D eigenvalue weighted by Crippen LogP contribution is 2.26. The van der Waals surface area contributed by atoms with Crippen molar-refractivity contribution >= 4 is 15.8 Å². The van der Waals surface area contributed by atoms with E-state index in [9.17, 15) is 28.6 Å². The third-order valence-corrected chi connectivity index (χ3v) is 4.55. The Balaban J connectivity index is 2.27. The van der Waals surface area contributed by atoms with Crippen LogP contribution in [0.1, 0.15) is 16.5 Å².